The molecule has 3 heterocycles. The number of nitrogens with zero attached hydrogens (tertiary/aromatic N) is 3. The Bertz CT molecular complexity index is 1080. The van der Waals surface area contributed by atoms with Crippen LogP contribution in [0.5, 0.6) is 5.75 Å². The van der Waals surface area contributed by atoms with Crippen LogP contribution in [-0.4, -0.2) is 46.0 Å². The first-order valence-electron chi connectivity index (χ1n) is 10.2. The Hall–Kier alpha value is -3.06. The Morgan fingerprint density at radius 3 is 2.87 bits per heavy atom. The van der Waals surface area contributed by atoms with Gasteiger partial charge < -0.3 is 10.1 Å². The molecule has 1 atom stereocenters. The Morgan fingerprint density at radius 1 is 1.27 bits per heavy atom. The highest BCUT2D eigenvalue weighted by molar-refractivity contribution is 5.94. The fraction of sp³-hybridized carbons (Fsp3) is 0.348. The van der Waals surface area contributed by atoms with Gasteiger partial charge in [-0.25, -0.2) is 4.39 Å². The number of aromatic nitrogens is 2. The first-order valence-corrected chi connectivity index (χ1v) is 10.2. The molecule has 1 spiro atoms. The molecule has 1 aliphatic heterocycles. The van der Waals surface area contributed by atoms with Gasteiger partial charge in [0.15, 0.2) is 0 Å². The van der Waals surface area contributed by atoms with Crippen molar-refractivity contribution in [1.29, 1.82) is 0 Å². The SMILES string of the molecule is CC(C(=O)Nc1cccnc1)N1CC2(CC(Oc3ccnc4ccc(F)cc34)C2)C1. The number of fused-ring (bicyclic) bond motifs is 1. The van der Waals surface area contributed by atoms with Crippen molar-refractivity contribution in [2.75, 3.05) is 18.4 Å². The fourth-order valence-electron chi connectivity index (χ4n) is 4.56. The third-order valence-corrected chi connectivity index (χ3v) is 6.21. The Morgan fingerprint density at radius 2 is 2.10 bits per heavy atom. The van der Waals surface area contributed by atoms with Crippen LogP contribution in [0, 0.1) is 11.2 Å². The van der Waals surface area contributed by atoms with E-state index in [1.807, 2.05) is 13.0 Å². The molecule has 7 heteroatoms. The van der Waals surface area contributed by atoms with Gasteiger partial charge in [0, 0.05) is 36.3 Å². The van der Waals surface area contributed by atoms with Crippen LogP contribution < -0.4 is 10.1 Å². The second-order valence-electron chi connectivity index (χ2n) is 8.43. The number of carbonyl (C=O) groups is 1. The number of ether oxygens (including phenoxy) is 1. The molecular weight excluding hydrogens is 383 g/mol. The van der Waals surface area contributed by atoms with Crippen LogP contribution in [0.15, 0.2) is 55.0 Å². The van der Waals surface area contributed by atoms with E-state index in [2.05, 4.69) is 20.2 Å². The smallest absolute Gasteiger partial charge is 0.241 e. The van der Waals surface area contributed by atoms with Gasteiger partial charge in [-0.1, -0.05) is 0 Å². The van der Waals surface area contributed by atoms with E-state index in [9.17, 15) is 9.18 Å². The first-order chi connectivity index (χ1) is 14.5. The fourth-order valence-corrected chi connectivity index (χ4v) is 4.56. The van der Waals surface area contributed by atoms with E-state index in [0.29, 0.717) is 16.8 Å². The van der Waals surface area contributed by atoms with Crippen LogP contribution in [0.25, 0.3) is 10.9 Å². The van der Waals surface area contributed by atoms with Crippen molar-refractivity contribution in [1.82, 2.24) is 14.9 Å². The van der Waals surface area contributed by atoms with E-state index < -0.39 is 0 Å². The van der Waals surface area contributed by atoms with E-state index in [1.54, 1.807) is 36.8 Å². The average Bonchev–Trinajstić information content (AvgIpc) is 2.69. The minimum Gasteiger partial charge on any atom is -0.490 e. The van der Waals surface area contributed by atoms with Gasteiger partial charge in [-0.05, 0) is 56.2 Å². The molecule has 1 unspecified atom stereocenters. The summed E-state index contributed by atoms with van der Waals surface area (Å²) in [5, 5.41) is 3.62. The van der Waals surface area contributed by atoms with Crippen molar-refractivity contribution in [2.45, 2.75) is 31.9 Å². The van der Waals surface area contributed by atoms with Crippen molar-refractivity contribution < 1.29 is 13.9 Å². The van der Waals surface area contributed by atoms with Gasteiger partial charge in [0.05, 0.1) is 29.5 Å². The number of nitrogens with one attached hydrogen (secondary N) is 1. The molecule has 2 aliphatic rings. The molecule has 5 rings (SSSR count). The van der Waals surface area contributed by atoms with Gasteiger partial charge in [-0.3, -0.25) is 19.7 Å². The summed E-state index contributed by atoms with van der Waals surface area (Å²) in [5.74, 6) is 0.369. The Kier molecular flexibility index (Phi) is 4.62. The van der Waals surface area contributed by atoms with Gasteiger partial charge in [0.2, 0.25) is 5.91 Å². The summed E-state index contributed by atoms with van der Waals surface area (Å²) in [7, 11) is 0. The molecule has 1 amide bonds. The lowest BCUT2D eigenvalue weighted by Gasteiger charge is -2.59. The number of halogens is 1. The van der Waals surface area contributed by atoms with Gasteiger partial charge in [0.25, 0.3) is 0 Å². The molecule has 0 radical (unpaired) electrons. The number of benzene rings is 1. The van der Waals surface area contributed by atoms with Crippen LogP contribution in [-0.2, 0) is 4.79 Å². The topological polar surface area (TPSA) is 67.4 Å². The minimum atomic E-state index is -0.293. The molecule has 0 bridgehead atoms. The third kappa shape index (κ3) is 3.50. The maximum absolute atomic E-state index is 13.6. The highest BCUT2D eigenvalue weighted by Crippen LogP contribution is 2.50. The molecule has 6 nitrogen and oxygen atoms in total. The second kappa shape index (κ2) is 7.32. The predicted molar refractivity (Wildman–Crippen MR) is 112 cm³/mol. The maximum atomic E-state index is 13.6. The number of pyridine rings is 2. The highest BCUT2D eigenvalue weighted by atomic mass is 19.1. The van der Waals surface area contributed by atoms with Crippen molar-refractivity contribution in [3.63, 3.8) is 0 Å². The van der Waals surface area contributed by atoms with Crippen LogP contribution in [0.2, 0.25) is 0 Å². The van der Waals surface area contributed by atoms with Gasteiger partial charge in [0.1, 0.15) is 11.6 Å². The molecule has 30 heavy (non-hydrogen) atoms. The zero-order valence-corrected chi connectivity index (χ0v) is 16.7. The van der Waals surface area contributed by atoms with Crippen molar-refractivity contribution in [3.8, 4) is 5.75 Å². The number of rotatable bonds is 5. The average molecular weight is 406 g/mol. The van der Waals surface area contributed by atoms with Gasteiger partial charge in [-0.15, -0.1) is 0 Å². The summed E-state index contributed by atoms with van der Waals surface area (Å²) in [6.07, 6.45) is 7.01. The number of likely N-dealkylation sites (tertiary alicyclic amines) is 1. The summed E-state index contributed by atoms with van der Waals surface area (Å²) in [6, 6.07) is 9.78. The number of hydrogen-bond donors (Lipinski definition) is 1. The van der Waals surface area contributed by atoms with Crippen molar-refractivity contribution in [2.24, 2.45) is 5.41 Å². The van der Waals surface area contributed by atoms with E-state index in [4.69, 9.17) is 4.74 Å². The normalized spacial score (nSPS) is 19.1. The van der Waals surface area contributed by atoms with Crippen molar-refractivity contribution >= 4 is 22.5 Å². The maximum Gasteiger partial charge on any atom is 0.241 e. The molecule has 1 saturated heterocycles. The Balaban J connectivity index is 1.15. The summed E-state index contributed by atoms with van der Waals surface area (Å²) >= 11 is 0. The lowest BCUT2D eigenvalue weighted by atomic mass is 9.61. The number of carbonyl (C=O) groups excluding carboxylic acids is 1. The monoisotopic (exact) mass is 406 g/mol. The van der Waals surface area contributed by atoms with Crippen molar-refractivity contribution in [3.05, 3.63) is 60.8 Å². The summed E-state index contributed by atoms with van der Waals surface area (Å²) in [4.78, 5) is 23.0. The molecule has 2 aromatic heterocycles. The van der Waals surface area contributed by atoms with E-state index in [1.165, 1.54) is 12.1 Å². The molecule has 1 saturated carbocycles. The molecule has 1 aromatic carbocycles. The molecule has 154 valence electrons. The van der Waals surface area contributed by atoms with Crippen LogP contribution in [0.1, 0.15) is 19.8 Å². The van der Waals surface area contributed by atoms with Crippen LogP contribution in [0.3, 0.4) is 0 Å². The first kappa shape index (κ1) is 18.9. The van der Waals surface area contributed by atoms with E-state index in [0.717, 1.165) is 31.4 Å². The lowest BCUT2D eigenvalue weighted by molar-refractivity contribution is -0.145. The highest BCUT2D eigenvalue weighted by Gasteiger charge is 2.54. The zero-order chi connectivity index (χ0) is 20.7. The Labute approximate surface area is 174 Å². The minimum absolute atomic E-state index is 0.0183. The lowest BCUT2D eigenvalue weighted by Crippen LogP contribution is -2.67. The number of amides is 1. The summed E-state index contributed by atoms with van der Waals surface area (Å²) in [6.45, 7) is 3.71. The zero-order valence-electron chi connectivity index (χ0n) is 16.7. The molecule has 3 aromatic rings. The summed E-state index contributed by atoms with van der Waals surface area (Å²) < 4.78 is 19.8. The number of anilines is 1. The van der Waals surface area contributed by atoms with E-state index in [-0.39, 0.29) is 29.3 Å². The predicted octanol–water partition coefficient (Wildman–Crippen LogP) is 3.64. The molecular formula is C23H23FN4O2. The second-order valence-corrected chi connectivity index (χ2v) is 8.43. The third-order valence-electron chi connectivity index (χ3n) is 6.21. The van der Waals surface area contributed by atoms with Gasteiger partial charge >= 0.3 is 0 Å². The van der Waals surface area contributed by atoms with Gasteiger partial charge in [-0.2, -0.15) is 0 Å². The largest absolute Gasteiger partial charge is 0.490 e. The molecule has 2 fully saturated rings. The van der Waals surface area contributed by atoms with Crippen LogP contribution >= 0.6 is 0 Å². The summed E-state index contributed by atoms with van der Waals surface area (Å²) in [5.41, 5.74) is 1.66. The molecule has 1 N–H and O–H groups in total. The van der Waals surface area contributed by atoms with E-state index >= 15 is 0 Å². The van der Waals surface area contributed by atoms with Crippen LogP contribution in [0.4, 0.5) is 10.1 Å². The quantitative estimate of drug-likeness (QED) is 0.701. The number of hydrogen-bond acceptors (Lipinski definition) is 5. The molecule has 1 aliphatic carbocycles. The standard InChI is InChI=1S/C23H23FN4O2/c1-15(22(29)27-17-3-2-7-25-12-17)28-13-23(14-28)10-18(11-23)30-21-6-8-26-20-5-4-16(24)9-19(20)21/h2-9,12,15,18H,10-11,13-14H2,1H3,(H,27,29).